The maximum Gasteiger partial charge on any atom is 0.272 e. The highest BCUT2D eigenvalue weighted by molar-refractivity contribution is 5.97. The van der Waals surface area contributed by atoms with E-state index in [2.05, 4.69) is 40.4 Å². The second kappa shape index (κ2) is 4.37. The number of carbonyl (C=O) groups excluding carboxylic acids is 1. The summed E-state index contributed by atoms with van der Waals surface area (Å²) in [6.45, 7) is 7.30. The first-order valence-corrected chi connectivity index (χ1v) is 7.69. The summed E-state index contributed by atoms with van der Waals surface area (Å²) >= 11 is 0. The molecular formula is C16H20N4O. The van der Waals surface area contributed by atoms with Crippen molar-refractivity contribution in [3.63, 3.8) is 0 Å². The maximum atomic E-state index is 12.5. The van der Waals surface area contributed by atoms with Crippen LogP contribution in [-0.2, 0) is 4.79 Å². The standard InChI is InChI=1S/C16H20N4O/c1-16(2,9-20-5-3-4-6-20)17-15(21)14-12-8-10-7-11(10)13(12)18-19-14/h8H,3-7,9H2,1-2H3,(H,17,21). The van der Waals surface area contributed by atoms with Gasteiger partial charge in [-0.25, -0.2) is 0 Å². The van der Waals surface area contributed by atoms with Crippen molar-refractivity contribution in [1.29, 1.82) is 0 Å². The van der Waals surface area contributed by atoms with E-state index in [1.807, 2.05) is 0 Å². The topological polar surface area (TPSA) is 57.1 Å². The number of likely N-dealkylation sites (tertiary alicyclic amines) is 1. The Balaban J connectivity index is 1.46. The fourth-order valence-corrected chi connectivity index (χ4v) is 3.45. The molecular weight excluding hydrogens is 264 g/mol. The van der Waals surface area contributed by atoms with Crippen molar-refractivity contribution in [3.8, 4) is 0 Å². The van der Waals surface area contributed by atoms with Gasteiger partial charge in [0.05, 0.1) is 5.70 Å². The molecule has 0 spiro atoms. The Bertz CT molecular complexity index is 645. The first kappa shape index (κ1) is 13.0. The second-order valence-electron chi connectivity index (χ2n) is 6.96. The zero-order valence-electron chi connectivity index (χ0n) is 12.6. The number of allylic oxidation sites excluding steroid dienone is 3. The summed E-state index contributed by atoms with van der Waals surface area (Å²) in [6, 6.07) is 0. The average molecular weight is 284 g/mol. The largest absolute Gasteiger partial charge is 0.344 e. The van der Waals surface area contributed by atoms with Gasteiger partial charge in [0.15, 0.2) is 5.70 Å². The first-order valence-electron chi connectivity index (χ1n) is 7.69. The van der Waals surface area contributed by atoms with E-state index in [9.17, 15) is 4.79 Å². The molecule has 0 aromatic heterocycles. The van der Waals surface area contributed by atoms with Gasteiger partial charge in [0.1, 0.15) is 0 Å². The van der Waals surface area contributed by atoms with Crippen LogP contribution < -0.4 is 5.32 Å². The monoisotopic (exact) mass is 284 g/mol. The third-order valence-corrected chi connectivity index (χ3v) is 4.48. The van der Waals surface area contributed by atoms with E-state index in [0.717, 1.165) is 37.3 Å². The number of carbonyl (C=O) groups is 1. The van der Waals surface area contributed by atoms with Crippen LogP contribution in [0.4, 0.5) is 0 Å². The van der Waals surface area contributed by atoms with Crippen LogP contribution in [0.2, 0.25) is 0 Å². The molecule has 1 saturated heterocycles. The molecule has 0 aromatic rings. The Morgan fingerprint density at radius 2 is 2.10 bits per heavy atom. The number of nitrogens with zero attached hydrogens (tertiary/aromatic N) is 3. The Labute approximate surface area is 124 Å². The van der Waals surface area contributed by atoms with Gasteiger partial charge in [0.25, 0.3) is 5.91 Å². The molecule has 5 nitrogen and oxygen atoms in total. The summed E-state index contributed by atoms with van der Waals surface area (Å²) in [7, 11) is 0. The van der Waals surface area contributed by atoms with Gasteiger partial charge in [0.2, 0.25) is 0 Å². The minimum atomic E-state index is -0.255. The Morgan fingerprint density at radius 3 is 2.86 bits per heavy atom. The molecule has 1 amide bonds. The van der Waals surface area contributed by atoms with Crippen LogP contribution in [0, 0.1) is 0 Å². The number of nitrogens with one attached hydrogen (secondary N) is 1. The molecule has 0 bridgehead atoms. The van der Waals surface area contributed by atoms with Gasteiger partial charge in [0, 0.05) is 24.1 Å². The SMILES string of the molecule is CC(C)(CN1CCCC1)NC(=O)C1=C2C=C3CC3=C2N=N1. The van der Waals surface area contributed by atoms with Crippen LogP contribution in [0.5, 0.6) is 0 Å². The maximum absolute atomic E-state index is 12.5. The van der Waals surface area contributed by atoms with Crippen LogP contribution in [0.1, 0.15) is 33.1 Å². The van der Waals surface area contributed by atoms with Gasteiger partial charge >= 0.3 is 0 Å². The molecule has 2 aliphatic heterocycles. The van der Waals surface area contributed by atoms with Crippen LogP contribution in [-0.4, -0.2) is 36.0 Å². The van der Waals surface area contributed by atoms with Gasteiger partial charge in [-0.15, -0.1) is 10.2 Å². The van der Waals surface area contributed by atoms with E-state index in [1.54, 1.807) is 0 Å². The number of hydrogen-bond acceptors (Lipinski definition) is 4. The summed E-state index contributed by atoms with van der Waals surface area (Å²) in [6.07, 6.45) is 5.61. The van der Waals surface area contributed by atoms with E-state index in [-0.39, 0.29) is 11.4 Å². The van der Waals surface area contributed by atoms with Crippen LogP contribution in [0.3, 0.4) is 0 Å². The molecule has 1 N–H and O–H groups in total. The molecule has 21 heavy (non-hydrogen) atoms. The highest BCUT2D eigenvalue weighted by Crippen LogP contribution is 2.51. The zero-order chi connectivity index (χ0) is 14.6. The number of azo groups is 1. The van der Waals surface area contributed by atoms with Gasteiger partial charge in [-0.05, 0) is 57.0 Å². The highest BCUT2D eigenvalue weighted by Gasteiger charge is 2.39. The molecule has 2 heterocycles. The summed E-state index contributed by atoms with van der Waals surface area (Å²) in [5.74, 6) is -0.105. The summed E-state index contributed by atoms with van der Waals surface area (Å²) in [5, 5.41) is 11.4. The van der Waals surface area contributed by atoms with E-state index in [4.69, 9.17) is 0 Å². The predicted octanol–water partition coefficient (Wildman–Crippen LogP) is 2.29. The lowest BCUT2D eigenvalue weighted by molar-refractivity contribution is -0.119. The molecule has 0 atom stereocenters. The lowest BCUT2D eigenvalue weighted by Gasteiger charge is -2.31. The Hall–Kier alpha value is -1.75. The van der Waals surface area contributed by atoms with Crippen molar-refractivity contribution < 1.29 is 4.79 Å². The molecule has 1 saturated carbocycles. The minimum absolute atomic E-state index is 0.105. The third kappa shape index (κ3) is 2.25. The quantitative estimate of drug-likeness (QED) is 0.861. The smallest absolute Gasteiger partial charge is 0.272 e. The van der Waals surface area contributed by atoms with Crippen LogP contribution in [0.25, 0.3) is 0 Å². The number of amides is 1. The lowest BCUT2D eigenvalue weighted by atomic mass is 10.0. The van der Waals surface area contributed by atoms with Gasteiger partial charge in [-0.1, -0.05) is 0 Å². The molecule has 110 valence electrons. The molecule has 4 aliphatic rings. The molecule has 2 fully saturated rings. The van der Waals surface area contributed by atoms with E-state index in [0.29, 0.717) is 5.70 Å². The summed E-state index contributed by atoms with van der Waals surface area (Å²) in [4.78, 5) is 14.9. The number of fused-ring (bicyclic) bond motifs is 2. The fourth-order valence-electron chi connectivity index (χ4n) is 3.45. The molecule has 0 aromatic carbocycles. The first-order chi connectivity index (χ1) is 10.0. The Morgan fingerprint density at radius 1 is 1.33 bits per heavy atom. The van der Waals surface area contributed by atoms with Crippen LogP contribution in [0.15, 0.2) is 44.4 Å². The zero-order valence-corrected chi connectivity index (χ0v) is 12.6. The molecule has 4 rings (SSSR count). The van der Waals surface area contributed by atoms with Crippen molar-refractivity contribution in [1.82, 2.24) is 10.2 Å². The molecule has 0 unspecified atom stereocenters. The minimum Gasteiger partial charge on any atom is -0.344 e. The molecule has 0 radical (unpaired) electrons. The van der Waals surface area contributed by atoms with E-state index >= 15 is 0 Å². The van der Waals surface area contributed by atoms with E-state index < -0.39 is 0 Å². The average Bonchev–Trinajstić information content (AvgIpc) is 2.82. The van der Waals surface area contributed by atoms with Gasteiger partial charge in [-0.2, -0.15) is 0 Å². The molecule has 2 aliphatic carbocycles. The lowest BCUT2D eigenvalue weighted by Crippen LogP contribution is -2.51. The Kier molecular flexibility index (Phi) is 2.70. The predicted molar refractivity (Wildman–Crippen MR) is 79.5 cm³/mol. The van der Waals surface area contributed by atoms with E-state index in [1.165, 1.54) is 24.0 Å². The van der Waals surface area contributed by atoms with Gasteiger partial charge in [-0.3, -0.25) is 4.79 Å². The number of hydrogen-bond donors (Lipinski definition) is 1. The van der Waals surface area contributed by atoms with Crippen molar-refractivity contribution in [2.45, 2.75) is 38.6 Å². The summed E-state index contributed by atoms with van der Waals surface area (Å²) < 4.78 is 0. The highest BCUT2D eigenvalue weighted by atomic mass is 16.2. The fraction of sp³-hybridized carbons (Fsp3) is 0.562. The second-order valence-corrected chi connectivity index (χ2v) is 6.96. The van der Waals surface area contributed by atoms with Crippen molar-refractivity contribution in [2.24, 2.45) is 10.2 Å². The number of rotatable bonds is 4. The molecule has 5 heteroatoms. The van der Waals surface area contributed by atoms with Gasteiger partial charge < -0.3 is 10.2 Å². The summed E-state index contributed by atoms with van der Waals surface area (Å²) in [5.41, 5.74) is 4.66. The van der Waals surface area contributed by atoms with Crippen molar-refractivity contribution in [3.05, 3.63) is 34.2 Å². The third-order valence-electron chi connectivity index (χ3n) is 4.48. The van der Waals surface area contributed by atoms with Crippen LogP contribution >= 0.6 is 0 Å². The van der Waals surface area contributed by atoms with Crippen molar-refractivity contribution >= 4 is 5.91 Å². The van der Waals surface area contributed by atoms with Crippen molar-refractivity contribution in [2.75, 3.05) is 19.6 Å². The normalized spacial score (nSPS) is 23.6.